The van der Waals surface area contributed by atoms with Crippen molar-refractivity contribution in [2.24, 2.45) is 0 Å². The van der Waals surface area contributed by atoms with Crippen molar-refractivity contribution in [3.8, 4) is 5.75 Å². The molecule has 0 radical (unpaired) electrons. The average molecular weight is 257 g/mol. The molecular formula is C15H19N3O. The number of hydrogen-bond donors (Lipinski definition) is 1. The molecule has 0 atom stereocenters. The summed E-state index contributed by atoms with van der Waals surface area (Å²) < 4.78 is 5.16. The fourth-order valence-electron chi connectivity index (χ4n) is 1.87. The molecule has 0 aliphatic carbocycles. The van der Waals surface area contributed by atoms with Gasteiger partial charge in [0.15, 0.2) is 0 Å². The van der Waals surface area contributed by atoms with Crippen molar-refractivity contribution >= 4 is 11.5 Å². The summed E-state index contributed by atoms with van der Waals surface area (Å²) in [4.78, 5) is 6.49. The van der Waals surface area contributed by atoms with Gasteiger partial charge in [-0.05, 0) is 35.9 Å². The van der Waals surface area contributed by atoms with E-state index < -0.39 is 0 Å². The van der Waals surface area contributed by atoms with Crippen LogP contribution >= 0.6 is 0 Å². The molecule has 1 N–H and O–H groups in total. The molecule has 0 unspecified atom stereocenters. The van der Waals surface area contributed by atoms with Gasteiger partial charge in [-0.15, -0.1) is 0 Å². The van der Waals surface area contributed by atoms with Gasteiger partial charge in [0.25, 0.3) is 0 Å². The Labute approximate surface area is 114 Å². The van der Waals surface area contributed by atoms with Gasteiger partial charge >= 0.3 is 0 Å². The van der Waals surface area contributed by atoms with E-state index in [2.05, 4.69) is 28.3 Å². The first kappa shape index (κ1) is 13.2. The molecule has 19 heavy (non-hydrogen) atoms. The second-order valence-electron chi connectivity index (χ2n) is 4.36. The highest BCUT2D eigenvalue weighted by atomic mass is 16.5. The van der Waals surface area contributed by atoms with Gasteiger partial charge in [0, 0.05) is 32.5 Å². The van der Waals surface area contributed by atoms with Crippen LogP contribution in [0.15, 0.2) is 42.6 Å². The molecule has 1 heterocycles. The predicted octanol–water partition coefficient (Wildman–Crippen LogP) is 2.77. The van der Waals surface area contributed by atoms with Crippen molar-refractivity contribution in [3.05, 3.63) is 48.2 Å². The van der Waals surface area contributed by atoms with E-state index in [1.54, 1.807) is 7.11 Å². The molecule has 4 nitrogen and oxygen atoms in total. The van der Waals surface area contributed by atoms with E-state index in [4.69, 9.17) is 4.74 Å². The largest absolute Gasteiger partial charge is 0.497 e. The van der Waals surface area contributed by atoms with Crippen LogP contribution in [0.2, 0.25) is 0 Å². The number of nitrogens with one attached hydrogen (secondary N) is 1. The van der Waals surface area contributed by atoms with Gasteiger partial charge in [0.2, 0.25) is 0 Å². The monoisotopic (exact) mass is 257 g/mol. The van der Waals surface area contributed by atoms with E-state index >= 15 is 0 Å². The SMILES string of the molecule is CNc1ccc(CN(C)c2ccc(OC)cc2)cn1. The predicted molar refractivity (Wildman–Crippen MR) is 78.9 cm³/mol. The van der Waals surface area contributed by atoms with E-state index in [-0.39, 0.29) is 0 Å². The van der Waals surface area contributed by atoms with Crippen molar-refractivity contribution in [1.82, 2.24) is 4.98 Å². The number of hydrogen-bond acceptors (Lipinski definition) is 4. The smallest absolute Gasteiger partial charge is 0.125 e. The Hall–Kier alpha value is -2.23. The summed E-state index contributed by atoms with van der Waals surface area (Å²) in [6.45, 7) is 0.823. The van der Waals surface area contributed by atoms with Crippen LogP contribution in [0.3, 0.4) is 0 Å². The zero-order chi connectivity index (χ0) is 13.7. The van der Waals surface area contributed by atoms with Crippen LogP contribution < -0.4 is 15.0 Å². The lowest BCUT2D eigenvalue weighted by molar-refractivity contribution is 0.415. The van der Waals surface area contributed by atoms with Crippen molar-refractivity contribution in [3.63, 3.8) is 0 Å². The van der Waals surface area contributed by atoms with E-state index in [0.717, 1.165) is 23.8 Å². The van der Waals surface area contributed by atoms with Crippen LogP contribution in [0.25, 0.3) is 0 Å². The van der Waals surface area contributed by atoms with Crippen LogP contribution in [0.4, 0.5) is 11.5 Å². The molecule has 1 aromatic carbocycles. The zero-order valence-electron chi connectivity index (χ0n) is 11.6. The van der Waals surface area contributed by atoms with Crippen LogP contribution in [0, 0.1) is 0 Å². The van der Waals surface area contributed by atoms with Crippen LogP contribution in [0.5, 0.6) is 5.75 Å². The molecule has 0 aliphatic heterocycles. The number of ether oxygens (including phenoxy) is 1. The number of nitrogens with zero attached hydrogens (tertiary/aromatic N) is 2. The maximum absolute atomic E-state index is 5.16. The highest BCUT2D eigenvalue weighted by Gasteiger charge is 2.03. The van der Waals surface area contributed by atoms with Gasteiger partial charge in [0.1, 0.15) is 11.6 Å². The van der Waals surface area contributed by atoms with Crippen molar-refractivity contribution in [1.29, 1.82) is 0 Å². The minimum absolute atomic E-state index is 0.823. The molecule has 0 saturated carbocycles. The quantitative estimate of drug-likeness (QED) is 0.893. The summed E-state index contributed by atoms with van der Waals surface area (Å²) in [6.07, 6.45) is 1.89. The van der Waals surface area contributed by atoms with E-state index in [9.17, 15) is 0 Å². The minimum Gasteiger partial charge on any atom is -0.497 e. The molecule has 0 bridgehead atoms. The van der Waals surface area contributed by atoms with Crippen LogP contribution in [-0.4, -0.2) is 26.2 Å². The molecule has 2 aromatic rings. The second kappa shape index (κ2) is 6.09. The Bertz CT molecular complexity index is 508. The summed E-state index contributed by atoms with van der Waals surface area (Å²) in [5.74, 6) is 1.76. The number of benzene rings is 1. The van der Waals surface area contributed by atoms with Crippen molar-refractivity contribution < 1.29 is 4.74 Å². The normalized spacial score (nSPS) is 10.1. The molecule has 0 amide bonds. The number of pyridine rings is 1. The lowest BCUT2D eigenvalue weighted by Gasteiger charge is -2.19. The highest BCUT2D eigenvalue weighted by Crippen LogP contribution is 2.19. The van der Waals surface area contributed by atoms with Gasteiger partial charge in [-0.2, -0.15) is 0 Å². The Morgan fingerprint density at radius 2 is 1.89 bits per heavy atom. The van der Waals surface area contributed by atoms with E-state index in [0.29, 0.717) is 0 Å². The highest BCUT2D eigenvalue weighted by molar-refractivity contribution is 5.49. The van der Waals surface area contributed by atoms with Crippen LogP contribution in [-0.2, 0) is 6.54 Å². The Kier molecular flexibility index (Phi) is 4.23. The fraction of sp³-hybridized carbons (Fsp3) is 0.267. The van der Waals surface area contributed by atoms with Gasteiger partial charge in [-0.1, -0.05) is 6.07 Å². The van der Waals surface area contributed by atoms with Gasteiger partial charge < -0.3 is 15.0 Å². The summed E-state index contributed by atoms with van der Waals surface area (Å²) in [6, 6.07) is 12.1. The topological polar surface area (TPSA) is 37.4 Å². The third-order valence-corrected chi connectivity index (χ3v) is 3.01. The molecule has 1 aromatic heterocycles. The van der Waals surface area contributed by atoms with Gasteiger partial charge in [0.05, 0.1) is 7.11 Å². The molecule has 0 fully saturated rings. The molecule has 2 rings (SSSR count). The molecule has 4 heteroatoms. The molecule has 0 spiro atoms. The third kappa shape index (κ3) is 3.37. The second-order valence-corrected chi connectivity index (χ2v) is 4.36. The number of aromatic nitrogens is 1. The Balaban J connectivity index is 2.04. The summed E-state index contributed by atoms with van der Waals surface area (Å²) >= 11 is 0. The minimum atomic E-state index is 0.823. The molecular weight excluding hydrogens is 238 g/mol. The molecule has 0 saturated heterocycles. The van der Waals surface area contributed by atoms with E-state index in [1.165, 1.54) is 5.56 Å². The maximum Gasteiger partial charge on any atom is 0.125 e. The average Bonchev–Trinajstić information content (AvgIpc) is 2.48. The van der Waals surface area contributed by atoms with E-state index in [1.807, 2.05) is 43.6 Å². The molecule has 0 aliphatic rings. The fourth-order valence-corrected chi connectivity index (χ4v) is 1.87. The van der Waals surface area contributed by atoms with Crippen molar-refractivity contribution in [2.45, 2.75) is 6.54 Å². The zero-order valence-corrected chi connectivity index (χ0v) is 11.6. The first-order valence-electron chi connectivity index (χ1n) is 6.21. The van der Waals surface area contributed by atoms with Crippen molar-refractivity contribution in [2.75, 3.05) is 31.4 Å². The Morgan fingerprint density at radius 1 is 1.16 bits per heavy atom. The third-order valence-electron chi connectivity index (χ3n) is 3.01. The number of rotatable bonds is 5. The summed E-state index contributed by atoms with van der Waals surface area (Å²) in [7, 11) is 5.60. The van der Waals surface area contributed by atoms with Crippen LogP contribution in [0.1, 0.15) is 5.56 Å². The first-order valence-corrected chi connectivity index (χ1v) is 6.21. The maximum atomic E-state index is 5.16. The summed E-state index contributed by atoms with van der Waals surface area (Å²) in [5, 5.41) is 3.01. The first-order chi connectivity index (χ1) is 9.22. The van der Waals surface area contributed by atoms with Gasteiger partial charge in [-0.25, -0.2) is 4.98 Å². The molecule has 100 valence electrons. The standard InChI is InChI=1S/C15H19N3O/c1-16-15-9-4-12(10-17-15)11-18(2)13-5-7-14(19-3)8-6-13/h4-10H,11H2,1-3H3,(H,16,17). The van der Waals surface area contributed by atoms with Gasteiger partial charge in [-0.3, -0.25) is 0 Å². The Morgan fingerprint density at radius 3 is 2.42 bits per heavy atom. The number of anilines is 2. The number of methoxy groups -OCH3 is 1. The lowest BCUT2D eigenvalue weighted by Crippen LogP contribution is -2.16. The summed E-state index contributed by atoms with van der Waals surface area (Å²) in [5.41, 5.74) is 2.33. The lowest BCUT2D eigenvalue weighted by atomic mass is 10.2.